The first-order valence-electron chi connectivity index (χ1n) is 1.49. The molecule has 0 aliphatic rings. The summed E-state index contributed by atoms with van der Waals surface area (Å²) in [5.74, 6) is 0. The van der Waals surface area contributed by atoms with Gasteiger partial charge in [0.25, 0.3) is 0 Å². The van der Waals surface area contributed by atoms with Crippen molar-refractivity contribution in [3.05, 3.63) is 0 Å². The number of carbonyl (C=O) groups excluding carboxylic acids is 1. The van der Waals surface area contributed by atoms with Crippen LogP contribution in [0.15, 0.2) is 0 Å². The zero-order chi connectivity index (χ0) is 4.12. The molecule has 0 saturated carbocycles. The third kappa shape index (κ3) is 3.47. The van der Waals surface area contributed by atoms with E-state index in [4.69, 9.17) is 4.79 Å². The normalized spacial score (nSPS) is 6.60. The molecule has 2 heteroatoms. The maximum atomic E-state index is 7.72. The molecule has 0 rings (SSSR count). The van der Waals surface area contributed by atoms with Crippen molar-refractivity contribution in [2.45, 2.75) is 6.92 Å². The predicted molar refractivity (Wildman–Crippen MR) is 19.6 cm³/mol. The van der Waals surface area contributed by atoms with E-state index < -0.39 is 0 Å². The maximum Gasteiger partial charge on any atom is 0.470 e. The van der Waals surface area contributed by atoms with Gasteiger partial charge in [0, 0.05) is 0 Å². The standard InChI is InChI=1S/C3H6O2/c1-2-5-3-4/h3H,2H2,1H3/p+1. The molecule has 0 aliphatic carbocycles. The second-order valence-corrected chi connectivity index (χ2v) is 0.561. The van der Waals surface area contributed by atoms with Gasteiger partial charge in [-0.3, -0.25) is 0 Å². The Balaban J connectivity index is 2.40. The average molecular weight is 75.1 g/mol. The van der Waals surface area contributed by atoms with Gasteiger partial charge in [0.1, 0.15) is 0 Å². The summed E-state index contributed by atoms with van der Waals surface area (Å²) >= 11 is 0. The summed E-state index contributed by atoms with van der Waals surface area (Å²) in [6.07, 6.45) is 0. The van der Waals surface area contributed by atoms with Crippen molar-refractivity contribution in [2.75, 3.05) is 6.61 Å². The van der Waals surface area contributed by atoms with Crippen LogP contribution in [0.25, 0.3) is 0 Å². The van der Waals surface area contributed by atoms with E-state index in [0.717, 1.165) is 0 Å². The van der Waals surface area contributed by atoms with E-state index in [1.165, 1.54) is 0 Å². The molecule has 0 aromatic heterocycles. The smallest absolute Gasteiger partial charge is 0.341 e. The quantitative estimate of drug-likeness (QED) is 0.339. The second kappa shape index (κ2) is 3.47. The van der Waals surface area contributed by atoms with Crippen molar-refractivity contribution >= 4 is 6.47 Å². The van der Waals surface area contributed by atoms with Gasteiger partial charge in [-0.15, -0.1) is 0 Å². The number of hydrogen-bond donors (Lipinski definition) is 0. The third-order valence-electron chi connectivity index (χ3n) is 0.241. The van der Waals surface area contributed by atoms with Crippen LogP contribution in [-0.2, 0) is 4.74 Å². The lowest BCUT2D eigenvalue weighted by Gasteiger charge is -1.68. The van der Waals surface area contributed by atoms with Crippen molar-refractivity contribution in [2.24, 2.45) is 0 Å². The highest BCUT2D eigenvalue weighted by atomic mass is 16.5. The molecule has 2 nitrogen and oxygen atoms in total. The minimum Gasteiger partial charge on any atom is -0.341 e. The minimum absolute atomic E-state index is 0.538. The molecule has 0 fully saturated rings. The van der Waals surface area contributed by atoms with Gasteiger partial charge in [-0.2, -0.15) is 0 Å². The first-order valence-corrected chi connectivity index (χ1v) is 1.49. The molecule has 0 aromatic rings. The first-order chi connectivity index (χ1) is 2.41. The van der Waals surface area contributed by atoms with Crippen LogP contribution in [0.3, 0.4) is 0 Å². The molecule has 0 aromatic carbocycles. The van der Waals surface area contributed by atoms with Gasteiger partial charge in [-0.25, -0.2) is 0 Å². The van der Waals surface area contributed by atoms with Gasteiger partial charge < -0.3 is 9.53 Å². The third-order valence-corrected chi connectivity index (χ3v) is 0.241. The monoisotopic (exact) mass is 75.0 g/mol. The van der Waals surface area contributed by atoms with Crippen molar-refractivity contribution < 1.29 is 9.53 Å². The Morgan fingerprint density at radius 2 is 2.60 bits per heavy atom. The fourth-order valence-electron chi connectivity index (χ4n) is 0.0745. The van der Waals surface area contributed by atoms with Crippen molar-refractivity contribution in [3.8, 4) is 0 Å². The summed E-state index contributed by atoms with van der Waals surface area (Å²) < 4.78 is 4.26. The highest BCUT2D eigenvalue weighted by molar-refractivity contribution is 5.38. The molecular formula is C3H7O2+. The highest BCUT2D eigenvalue weighted by Gasteiger charge is 1.72. The van der Waals surface area contributed by atoms with Crippen LogP contribution in [0.4, 0.5) is 0 Å². The van der Waals surface area contributed by atoms with Gasteiger partial charge in [0.2, 0.25) is 0 Å². The van der Waals surface area contributed by atoms with E-state index in [9.17, 15) is 0 Å². The lowest BCUT2D eigenvalue weighted by molar-refractivity contribution is 0.313. The van der Waals surface area contributed by atoms with Crippen molar-refractivity contribution in [1.82, 2.24) is 0 Å². The van der Waals surface area contributed by atoms with Crippen molar-refractivity contribution in [1.29, 1.82) is 0 Å². The summed E-state index contributed by atoms with van der Waals surface area (Å²) in [5.41, 5.74) is 0. The molecule has 0 unspecified atom stereocenters. The number of rotatable bonds is 2. The average Bonchev–Trinajstić information content (AvgIpc) is 1.41. The fourth-order valence-corrected chi connectivity index (χ4v) is 0.0745. The molecule has 0 atom stereocenters. The van der Waals surface area contributed by atoms with Crippen molar-refractivity contribution in [3.63, 3.8) is 0 Å². The lowest BCUT2D eigenvalue weighted by Crippen LogP contribution is -1.81. The molecule has 0 spiro atoms. The van der Waals surface area contributed by atoms with Crippen LogP contribution < -0.4 is 0 Å². The van der Waals surface area contributed by atoms with Crippen LogP contribution >= 0.6 is 0 Å². The Morgan fingerprint density at radius 1 is 2.00 bits per heavy atom. The fraction of sp³-hybridized carbons (Fsp3) is 0.667. The molecule has 0 bridgehead atoms. The van der Waals surface area contributed by atoms with E-state index in [0.29, 0.717) is 13.1 Å². The van der Waals surface area contributed by atoms with Gasteiger partial charge >= 0.3 is 6.47 Å². The number of hydrogen-bond acceptors (Lipinski definition) is 1. The SMILES string of the molecule is CCOC=[OH+]. The molecule has 0 aliphatic heterocycles. The molecular weight excluding hydrogens is 68.0 g/mol. The Kier molecular flexibility index (Phi) is 3.10. The Morgan fingerprint density at radius 3 is 2.60 bits per heavy atom. The van der Waals surface area contributed by atoms with Crippen LogP contribution in [0.2, 0.25) is 0 Å². The second-order valence-electron chi connectivity index (χ2n) is 0.561. The molecule has 0 amide bonds. The topological polar surface area (TPSA) is 30.6 Å². The summed E-state index contributed by atoms with van der Waals surface area (Å²) in [4.78, 5) is 7.72. The molecule has 1 N–H and O–H groups in total. The summed E-state index contributed by atoms with van der Waals surface area (Å²) in [6.45, 7) is 3.02. The lowest BCUT2D eigenvalue weighted by atomic mass is 10.9. The Labute approximate surface area is 30.7 Å². The van der Waals surface area contributed by atoms with Gasteiger partial charge in [-0.1, -0.05) is 0 Å². The van der Waals surface area contributed by atoms with Crippen LogP contribution in [0, 0.1) is 0 Å². The summed E-state index contributed by atoms with van der Waals surface area (Å²) in [5, 5.41) is 0. The van der Waals surface area contributed by atoms with E-state index >= 15 is 0 Å². The molecule has 5 heavy (non-hydrogen) atoms. The molecule has 0 heterocycles. The zero-order valence-electron chi connectivity index (χ0n) is 3.14. The maximum absolute atomic E-state index is 7.72. The zero-order valence-corrected chi connectivity index (χ0v) is 3.14. The molecule has 0 radical (unpaired) electrons. The van der Waals surface area contributed by atoms with E-state index in [-0.39, 0.29) is 0 Å². The Bertz CT molecular complexity index is 26.1. The summed E-state index contributed by atoms with van der Waals surface area (Å²) in [6, 6.07) is 0. The van der Waals surface area contributed by atoms with Crippen LogP contribution in [0.1, 0.15) is 6.92 Å². The van der Waals surface area contributed by atoms with Crippen LogP contribution in [-0.4, -0.2) is 17.9 Å². The summed E-state index contributed by atoms with van der Waals surface area (Å²) in [7, 11) is 0. The van der Waals surface area contributed by atoms with Gasteiger partial charge in [0.15, 0.2) is 6.61 Å². The van der Waals surface area contributed by atoms with Crippen LogP contribution in [0.5, 0.6) is 0 Å². The van der Waals surface area contributed by atoms with Gasteiger partial charge in [0.05, 0.1) is 0 Å². The van der Waals surface area contributed by atoms with Gasteiger partial charge in [-0.05, 0) is 6.92 Å². The van der Waals surface area contributed by atoms with E-state index in [1.54, 1.807) is 6.92 Å². The predicted octanol–water partition coefficient (Wildman–Crippen LogP) is 0.155. The molecule has 0 saturated heterocycles. The van der Waals surface area contributed by atoms with E-state index in [2.05, 4.69) is 4.74 Å². The number of ether oxygens (including phenoxy) is 1. The largest absolute Gasteiger partial charge is 0.470 e. The minimum atomic E-state index is 0.538. The highest BCUT2D eigenvalue weighted by Crippen LogP contribution is 1.55. The Hall–Kier alpha value is -0.530. The van der Waals surface area contributed by atoms with E-state index in [1.807, 2.05) is 0 Å². The molecule has 30 valence electrons. The first kappa shape index (κ1) is 4.47.